The summed E-state index contributed by atoms with van der Waals surface area (Å²) < 4.78 is 11.4. The third kappa shape index (κ3) is 8.18. The maximum absolute atomic E-state index is 10.4. The van der Waals surface area contributed by atoms with Crippen molar-refractivity contribution < 1.29 is 24.8 Å². The van der Waals surface area contributed by atoms with E-state index in [4.69, 9.17) is 9.47 Å². The summed E-state index contributed by atoms with van der Waals surface area (Å²) in [5.74, 6) is 0.840. The molecule has 176 valence electrons. The van der Waals surface area contributed by atoms with Gasteiger partial charge in [0.2, 0.25) is 0 Å². The minimum Gasteiger partial charge on any atom is -0.508 e. The van der Waals surface area contributed by atoms with Gasteiger partial charge in [-0.1, -0.05) is 48.5 Å². The van der Waals surface area contributed by atoms with E-state index in [0.29, 0.717) is 37.5 Å². The molecule has 6 nitrogen and oxygen atoms in total. The molecule has 33 heavy (non-hydrogen) atoms. The molecule has 0 bridgehead atoms. The molecule has 0 spiro atoms. The van der Waals surface area contributed by atoms with E-state index < -0.39 is 6.10 Å². The first-order valence-corrected chi connectivity index (χ1v) is 11.2. The number of ether oxygens (including phenoxy) is 2. The molecule has 0 radical (unpaired) electrons. The lowest BCUT2D eigenvalue weighted by Gasteiger charge is -2.18. The SMILES string of the molecule is C[C@@H](Cc1ccc(OCCOCc2ccccc2)cc1)NC[C@H](O)c1ccc(O)c(CO)c1. The highest BCUT2D eigenvalue weighted by molar-refractivity contribution is 5.36. The van der Waals surface area contributed by atoms with Crippen LogP contribution in [0.15, 0.2) is 72.8 Å². The number of benzene rings is 3. The van der Waals surface area contributed by atoms with Gasteiger partial charge in [0.05, 0.1) is 25.9 Å². The third-order valence-electron chi connectivity index (χ3n) is 5.39. The predicted molar refractivity (Wildman–Crippen MR) is 128 cm³/mol. The van der Waals surface area contributed by atoms with E-state index in [0.717, 1.165) is 17.7 Å². The summed E-state index contributed by atoms with van der Waals surface area (Å²) in [7, 11) is 0. The molecule has 2 atom stereocenters. The molecule has 3 aromatic carbocycles. The molecule has 4 N–H and O–H groups in total. The van der Waals surface area contributed by atoms with E-state index in [1.54, 1.807) is 12.1 Å². The zero-order chi connectivity index (χ0) is 23.5. The molecule has 0 amide bonds. The van der Waals surface area contributed by atoms with Gasteiger partial charge in [-0.15, -0.1) is 0 Å². The fourth-order valence-corrected chi connectivity index (χ4v) is 3.50. The Hall–Kier alpha value is -2.90. The standard InChI is InChI=1S/C27H33NO5/c1-20(28-17-27(31)23-9-12-26(30)24(16-23)18-29)15-21-7-10-25(11-8-21)33-14-13-32-19-22-5-3-2-4-6-22/h2-12,16,20,27-31H,13-15,17-19H2,1H3/t20-,27-/m0/s1. The van der Waals surface area contributed by atoms with Crippen LogP contribution in [0, 0.1) is 0 Å². The number of hydrogen-bond acceptors (Lipinski definition) is 6. The van der Waals surface area contributed by atoms with Gasteiger partial charge in [-0.2, -0.15) is 0 Å². The lowest BCUT2D eigenvalue weighted by atomic mass is 10.0. The molecule has 3 aromatic rings. The van der Waals surface area contributed by atoms with Crippen molar-refractivity contribution in [3.63, 3.8) is 0 Å². The van der Waals surface area contributed by atoms with Crippen LogP contribution >= 0.6 is 0 Å². The molecule has 0 aliphatic carbocycles. The summed E-state index contributed by atoms with van der Waals surface area (Å²) in [4.78, 5) is 0. The van der Waals surface area contributed by atoms with Crippen molar-refractivity contribution >= 4 is 0 Å². The second-order valence-electron chi connectivity index (χ2n) is 8.11. The van der Waals surface area contributed by atoms with Crippen LogP contribution in [-0.2, 0) is 24.4 Å². The number of hydrogen-bond donors (Lipinski definition) is 4. The molecule has 0 aliphatic heterocycles. The molecule has 0 heterocycles. The first-order valence-electron chi connectivity index (χ1n) is 11.2. The molecule has 0 fully saturated rings. The van der Waals surface area contributed by atoms with E-state index in [1.165, 1.54) is 11.6 Å². The van der Waals surface area contributed by atoms with Crippen molar-refractivity contribution in [3.05, 3.63) is 95.1 Å². The van der Waals surface area contributed by atoms with Crippen molar-refractivity contribution in [2.45, 2.75) is 38.7 Å². The van der Waals surface area contributed by atoms with Gasteiger partial charge in [-0.3, -0.25) is 0 Å². The van der Waals surface area contributed by atoms with Crippen molar-refractivity contribution in [2.24, 2.45) is 0 Å². The van der Waals surface area contributed by atoms with Gasteiger partial charge in [0.1, 0.15) is 18.1 Å². The number of rotatable bonds is 13. The summed E-state index contributed by atoms with van der Waals surface area (Å²) in [5.41, 5.74) is 3.38. The average molecular weight is 452 g/mol. The monoisotopic (exact) mass is 451 g/mol. The van der Waals surface area contributed by atoms with Gasteiger partial charge < -0.3 is 30.1 Å². The fraction of sp³-hybridized carbons (Fsp3) is 0.333. The Balaban J connectivity index is 1.35. The molecule has 6 heteroatoms. The van der Waals surface area contributed by atoms with Crippen molar-refractivity contribution in [1.29, 1.82) is 0 Å². The number of aliphatic hydroxyl groups is 2. The Labute approximate surface area is 195 Å². The van der Waals surface area contributed by atoms with Gasteiger partial charge >= 0.3 is 0 Å². The molecule has 0 aliphatic rings. The van der Waals surface area contributed by atoms with E-state index in [1.807, 2.05) is 54.6 Å². The lowest BCUT2D eigenvalue weighted by molar-refractivity contribution is 0.0889. The van der Waals surface area contributed by atoms with Gasteiger partial charge in [0, 0.05) is 18.2 Å². The highest BCUT2D eigenvalue weighted by atomic mass is 16.5. The van der Waals surface area contributed by atoms with E-state index >= 15 is 0 Å². The molecule has 0 saturated heterocycles. The quantitative estimate of drug-likeness (QED) is 0.296. The van der Waals surface area contributed by atoms with Crippen LogP contribution in [0.1, 0.15) is 35.3 Å². The number of nitrogens with one attached hydrogen (secondary N) is 1. The van der Waals surface area contributed by atoms with Gasteiger partial charge in [0.25, 0.3) is 0 Å². The minimum atomic E-state index is -0.724. The lowest BCUT2D eigenvalue weighted by Crippen LogP contribution is -2.32. The van der Waals surface area contributed by atoms with Crippen LogP contribution in [0.25, 0.3) is 0 Å². The topological polar surface area (TPSA) is 91.2 Å². The average Bonchev–Trinajstić information content (AvgIpc) is 2.84. The summed E-state index contributed by atoms with van der Waals surface area (Å²) >= 11 is 0. The van der Waals surface area contributed by atoms with Crippen LogP contribution in [0.2, 0.25) is 0 Å². The first kappa shape index (κ1) is 24.7. The Morgan fingerprint density at radius 3 is 2.39 bits per heavy atom. The maximum Gasteiger partial charge on any atom is 0.121 e. The van der Waals surface area contributed by atoms with Crippen molar-refractivity contribution in [1.82, 2.24) is 5.32 Å². The second-order valence-corrected chi connectivity index (χ2v) is 8.11. The van der Waals surface area contributed by atoms with Crippen molar-refractivity contribution in [3.8, 4) is 11.5 Å². The fourth-order valence-electron chi connectivity index (χ4n) is 3.50. The highest BCUT2D eigenvalue weighted by Gasteiger charge is 2.12. The van der Waals surface area contributed by atoms with E-state index in [9.17, 15) is 15.3 Å². The van der Waals surface area contributed by atoms with Crippen LogP contribution < -0.4 is 10.1 Å². The van der Waals surface area contributed by atoms with E-state index in [-0.39, 0.29) is 18.4 Å². The summed E-state index contributed by atoms with van der Waals surface area (Å²) in [5, 5.41) is 32.7. The van der Waals surface area contributed by atoms with Crippen molar-refractivity contribution in [2.75, 3.05) is 19.8 Å². The number of phenols is 1. The van der Waals surface area contributed by atoms with Gasteiger partial charge in [-0.05, 0) is 54.3 Å². The van der Waals surface area contributed by atoms with Crippen LogP contribution in [0.3, 0.4) is 0 Å². The molecule has 0 aromatic heterocycles. The first-order chi connectivity index (χ1) is 16.0. The normalized spacial score (nSPS) is 12.9. The van der Waals surface area contributed by atoms with Gasteiger partial charge in [0.15, 0.2) is 0 Å². The second kappa shape index (κ2) is 13.0. The Morgan fingerprint density at radius 2 is 1.67 bits per heavy atom. The van der Waals surface area contributed by atoms with E-state index in [2.05, 4.69) is 12.2 Å². The summed E-state index contributed by atoms with van der Waals surface area (Å²) in [6, 6.07) is 23.0. The smallest absolute Gasteiger partial charge is 0.121 e. The van der Waals surface area contributed by atoms with Crippen LogP contribution in [0.5, 0.6) is 11.5 Å². The highest BCUT2D eigenvalue weighted by Crippen LogP contribution is 2.22. The third-order valence-corrected chi connectivity index (χ3v) is 5.39. The molecule has 0 unspecified atom stereocenters. The van der Waals surface area contributed by atoms with Crippen LogP contribution in [-0.4, -0.2) is 41.1 Å². The minimum absolute atomic E-state index is 0.0295. The van der Waals surface area contributed by atoms with Crippen LogP contribution in [0.4, 0.5) is 0 Å². The summed E-state index contributed by atoms with van der Waals surface area (Å²) in [6.45, 7) is 3.78. The predicted octanol–water partition coefficient (Wildman–Crippen LogP) is 3.73. The number of aromatic hydroxyl groups is 1. The maximum atomic E-state index is 10.4. The Morgan fingerprint density at radius 1 is 0.909 bits per heavy atom. The zero-order valence-corrected chi connectivity index (χ0v) is 19.0. The molecular weight excluding hydrogens is 418 g/mol. The Kier molecular flexibility index (Phi) is 9.72. The summed E-state index contributed by atoms with van der Waals surface area (Å²) in [6.07, 6.45) is 0.0863. The Bertz CT molecular complexity index is 962. The number of aliphatic hydroxyl groups excluding tert-OH is 2. The largest absolute Gasteiger partial charge is 0.508 e. The molecule has 0 saturated carbocycles. The zero-order valence-electron chi connectivity index (χ0n) is 19.0. The molecule has 3 rings (SSSR count). The molecular formula is C27H33NO5. The van der Waals surface area contributed by atoms with Gasteiger partial charge in [-0.25, -0.2) is 0 Å².